The van der Waals surface area contributed by atoms with Gasteiger partial charge in [0.2, 0.25) is 5.91 Å². The summed E-state index contributed by atoms with van der Waals surface area (Å²) in [5, 5.41) is 9.44. The third-order valence-electron chi connectivity index (χ3n) is 5.74. The molecule has 28 heavy (non-hydrogen) atoms. The summed E-state index contributed by atoms with van der Waals surface area (Å²) in [5.41, 5.74) is 0.491. The summed E-state index contributed by atoms with van der Waals surface area (Å²) in [6.45, 7) is 9.83. The monoisotopic (exact) mass is 417 g/mol. The highest BCUT2D eigenvalue weighted by molar-refractivity contribution is 6.80. The minimum absolute atomic E-state index is 0.0853. The number of β-lactam (4-membered cyclic amide) rings is 1. The van der Waals surface area contributed by atoms with Gasteiger partial charge in [-0.1, -0.05) is 33.9 Å². The summed E-state index contributed by atoms with van der Waals surface area (Å²) in [5.74, 6) is -4.14. The highest BCUT2D eigenvalue weighted by Crippen LogP contribution is 2.45. The summed E-state index contributed by atoms with van der Waals surface area (Å²) in [6, 6.07) is 1.63. The molecule has 1 aliphatic heterocycles. The van der Waals surface area contributed by atoms with E-state index < -0.39 is 38.2 Å². The smallest absolute Gasteiger partial charge is 0.480 e. The largest absolute Gasteiger partial charge is 0.521 e. The van der Waals surface area contributed by atoms with Gasteiger partial charge in [-0.05, 0) is 17.0 Å². The van der Waals surface area contributed by atoms with Crippen molar-refractivity contribution in [3.63, 3.8) is 0 Å². The van der Waals surface area contributed by atoms with Crippen LogP contribution in [0, 0.1) is 5.92 Å². The van der Waals surface area contributed by atoms with Crippen LogP contribution in [0.4, 0.5) is 13.2 Å². The van der Waals surface area contributed by atoms with Crippen LogP contribution in [0.3, 0.4) is 0 Å². The minimum Gasteiger partial charge on any atom is -0.480 e. The van der Waals surface area contributed by atoms with Gasteiger partial charge in [0.15, 0.2) is 20.6 Å². The number of nitrogens with zero attached hydrogens (tertiary/aromatic N) is 2. The van der Waals surface area contributed by atoms with E-state index >= 15 is 0 Å². The number of pyridine rings is 1. The molecule has 1 saturated heterocycles. The van der Waals surface area contributed by atoms with Gasteiger partial charge in [-0.3, -0.25) is 4.79 Å². The molecule has 0 aliphatic carbocycles. The maximum Gasteiger partial charge on any atom is 0.521 e. The van der Waals surface area contributed by atoms with Gasteiger partial charge in [-0.25, -0.2) is 9.59 Å². The number of aliphatic carboxylic acids is 1. The second-order valence-corrected chi connectivity index (χ2v) is 13.6. The molecule has 0 unspecified atom stereocenters. The predicted molar refractivity (Wildman–Crippen MR) is 96.0 cm³/mol. The predicted octanol–water partition coefficient (Wildman–Crippen LogP) is 2.64. The lowest BCUT2D eigenvalue weighted by atomic mass is 9.85. The van der Waals surface area contributed by atoms with Crippen LogP contribution in [0.5, 0.6) is 0 Å². The zero-order valence-corrected chi connectivity index (χ0v) is 17.4. The fourth-order valence-corrected chi connectivity index (χ4v) is 5.57. The van der Waals surface area contributed by atoms with Crippen LogP contribution in [0.25, 0.3) is 0 Å². The van der Waals surface area contributed by atoms with E-state index in [9.17, 15) is 32.7 Å². The Labute approximate surface area is 162 Å². The van der Waals surface area contributed by atoms with Crippen LogP contribution < -0.4 is 4.57 Å². The molecule has 0 radical (unpaired) electrons. The van der Waals surface area contributed by atoms with E-state index in [1.165, 1.54) is 16.7 Å². The number of aromatic nitrogens is 1. The second-order valence-electron chi connectivity index (χ2n) is 8.53. The molecule has 1 N–H and O–H groups in total. The van der Waals surface area contributed by atoms with Crippen LogP contribution >= 0.6 is 0 Å². The quantitative estimate of drug-likeness (QED) is 0.464. The van der Waals surface area contributed by atoms with E-state index in [-0.39, 0.29) is 17.4 Å². The van der Waals surface area contributed by atoms with Gasteiger partial charge in [0, 0.05) is 12.1 Å². The first-order chi connectivity index (χ1) is 12.6. The Morgan fingerprint density at radius 3 is 2.07 bits per heavy atom. The zero-order valence-electron chi connectivity index (χ0n) is 16.4. The molecule has 1 fully saturated rings. The lowest BCUT2D eigenvalue weighted by Crippen LogP contribution is -2.75. The molecule has 2 rings (SSSR count). The lowest BCUT2D eigenvalue weighted by molar-refractivity contribution is -0.586. The van der Waals surface area contributed by atoms with Crippen LogP contribution in [-0.4, -0.2) is 47.9 Å². The summed E-state index contributed by atoms with van der Waals surface area (Å²) in [7, 11) is -2.39. The lowest BCUT2D eigenvalue weighted by Gasteiger charge is -2.56. The molecule has 0 aromatic carbocycles. The summed E-state index contributed by atoms with van der Waals surface area (Å²) >= 11 is 0. The van der Waals surface area contributed by atoms with Gasteiger partial charge in [0.1, 0.15) is 6.04 Å². The maximum atomic E-state index is 12.8. The van der Waals surface area contributed by atoms with Crippen molar-refractivity contribution in [2.24, 2.45) is 5.92 Å². The van der Waals surface area contributed by atoms with Crippen molar-refractivity contribution >= 4 is 26.0 Å². The molecular weight excluding hydrogens is 393 g/mol. The van der Waals surface area contributed by atoms with Gasteiger partial charge in [0.25, 0.3) is 0 Å². The molecule has 2 atom stereocenters. The Balaban J connectivity index is 2.22. The van der Waals surface area contributed by atoms with Crippen molar-refractivity contribution in [3.05, 3.63) is 30.1 Å². The number of amides is 1. The average Bonchev–Trinajstić information content (AvgIpc) is 2.54. The number of halogens is 3. The van der Waals surface area contributed by atoms with Crippen molar-refractivity contribution in [1.82, 2.24) is 4.57 Å². The van der Waals surface area contributed by atoms with Crippen LogP contribution in [0.1, 0.15) is 31.1 Å². The molecule has 0 bridgehead atoms. The third kappa shape index (κ3) is 3.82. The van der Waals surface area contributed by atoms with E-state index in [0.717, 1.165) is 12.4 Å². The van der Waals surface area contributed by atoms with Crippen LogP contribution in [-0.2, 0) is 16.0 Å². The first-order valence-electron chi connectivity index (χ1n) is 8.76. The van der Waals surface area contributed by atoms with E-state index in [4.69, 9.17) is 0 Å². The average molecular weight is 417 g/mol. The van der Waals surface area contributed by atoms with Gasteiger partial charge in [-0.2, -0.15) is 13.2 Å². The highest BCUT2D eigenvalue weighted by Gasteiger charge is 2.59. The summed E-state index contributed by atoms with van der Waals surface area (Å²) < 4.78 is 39.3. The SMILES string of the molecule is CC(C)(C)[Si](C)(C)N1C(=O)[C@H](Cc2cc[n+](C(=O)C(F)(F)F)cc2)[C@H]1C(=O)O. The highest BCUT2D eigenvalue weighted by atomic mass is 28.3. The Kier molecular flexibility index (Phi) is 5.50. The van der Waals surface area contributed by atoms with Gasteiger partial charge < -0.3 is 9.67 Å². The number of hydrogen-bond acceptors (Lipinski definition) is 3. The van der Waals surface area contributed by atoms with E-state index in [2.05, 4.69) is 0 Å². The summed E-state index contributed by atoms with van der Waals surface area (Å²) in [4.78, 5) is 35.8. The van der Waals surface area contributed by atoms with Crippen molar-refractivity contribution < 1.29 is 37.2 Å². The molecule has 0 saturated carbocycles. The first kappa shape index (κ1) is 22.1. The number of hydrogen-bond donors (Lipinski definition) is 1. The third-order valence-corrected chi connectivity index (χ3v) is 11.1. The normalized spacial score (nSPS) is 20.7. The molecule has 154 valence electrons. The number of carboxylic acid groups (broad SMARTS) is 1. The molecule has 2 heterocycles. The molecule has 1 aliphatic rings. The van der Waals surface area contributed by atoms with E-state index in [1.807, 2.05) is 33.9 Å². The van der Waals surface area contributed by atoms with Crippen LogP contribution in [0.15, 0.2) is 24.5 Å². The summed E-state index contributed by atoms with van der Waals surface area (Å²) in [6.07, 6.45) is -2.97. The molecule has 0 spiro atoms. The Bertz CT molecular complexity index is 801. The Morgan fingerprint density at radius 1 is 1.18 bits per heavy atom. The minimum atomic E-state index is -4.99. The Hall–Kier alpha value is -2.23. The molecular formula is C18H24F3N2O4Si+. The van der Waals surface area contributed by atoms with Crippen LogP contribution in [0.2, 0.25) is 18.1 Å². The van der Waals surface area contributed by atoms with Crippen molar-refractivity contribution in [1.29, 1.82) is 0 Å². The molecule has 6 nitrogen and oxygen atoms in total. The fraction of sp³-hybridized carbons (Fsp3) is 0.556. The topological polar surface area (TPSA) is 78.6 Å². The van der Waals surface area contributed by atoms with Crippen molar-refractivity contribution in [3.8, 4) is 0 Å². The first-order valence-corrected chi connectivity index (χ1v) is 11.7. The number of carbonyl (C=O) groups excluding carboxylic acids is 2. The molecule has 1 amide bonds. The fourth-order valence-electron chi connectivity index (χ4n) is 3.14. The maximum absolute atomic E-state index is 12.8. The standard InChI is InChI=1S/C18H23F3N2O4Si/c1-17(2,3)28(4,5)23-13(15(25)26)12(14(23)24)10-11-6-8-22(9-7-11)16(27)18(19,20)21/h6-9,12-13H,10H2,1-5H3/p+1/t12-,13+/m1/s1. The number of alkyl halides is 3. The molecule has 1 aromatic heterocycles. The van der Waals surface area contributed by atoms with Crippen molar-refractivity contribution in [2.75, 3.05) is 0 Å². The Morgan fingerprint density at radius 2 is 1.68 bits per heavy atom. The van der Waals surface area contributed by atoms with Gasteiger partial charge in [0.05, 0.1) is 5.92 Å². The van der Waals surface area contributed by atoms with Crippen molar-refractivity contribution in [2.45, 2.75) is 57.5 Å². The molecule has 10 heteroatoms. The van der Waals surface area contributed by atoms with E-state index in [0.29, 0.717) is 10.1 Å². The zero-order chi connectivity index (χ0) is 21.7. The second kappa shape index (κ2) is 6.98. The number of carboxylic acids is 1. The van der Waals surface area contributed by atoms with Gasteiger partial charge in [-0.15, -0.1) is 4.57 Å². The molecule has 1 aromatic rings. The number of rotatable bonds is 4. The van der Waals surface area contributed by atoms with E-state index in [1.54, 1.807) is 0 Å². The number of carbonyl (C=O) groups is 3. The van der Waals surface area contributed by atoms with Gasteiger partial charge >= 0.3 is 18.1 Å².